The zero-order valence-corrected chi connectivity index (χ0v) is 8.01. The molecule has 1 aliphatic heterocycles. The van der Waals surface area contributed by atoms with Gasteiger partial charge in [0.15, 0.2) is 0 Å². The lowest BCUT2D eigenvalue weighted by Crippen LogP contribution is -2.20. The maximum atomic E-state index is 4.12. The van der Waals surface area contributed by atoms with E-state index in [0.29, 0.717) is 0 Å². The summed E-state index contributed by atoms with van der Waals surface area (Å²) in [4.78, 5) is 6.40. The normalized spacial score (nSPS) is 14.6. The molecule has 1 heterocycles. The predicted octanol–water partition coefficient (Wildman–Crippen LogP) is 2.16. The van der Waals surface area contributed by atoms with Crippen molar-refractivity contribution in [3.8, 4) is 0 Å². The maximum Gasteiger partial charge on any atom is 0.0851 e. The second-order valence-electron chi connectivity index (χ2n) is 2.41. The second-order valence-corrected chi connectivity index (χ2v) is 2.41. The van der Waals surface area contributed by atoms with Crippen molar-refractivity contribution in [1.82, 2.24) is 4.90 Å². The molecule has 0 bridgehead atoms. The molecule has 0 atom stereocenters. The molecule has 0 radical (unpaired) electrons. The van der Waals surface area contributed by atoms with Gasteiger partial charge in [-0.15, -0.1) is 0 Å². The third-order valence-electron chi connectivity index (χ3n) is 1.56. The summed E-state index contributed by atoms with van der Waals surface area (Å²) in [7, 11) is 0. The highest BCUT2D eigenvalue weighted by molar-refractivity contribution is 5.56. The average Bonchev–Trinajstić information content (AvgIpc) is 2.57. The Kier molecular flexibility index (Phi) is 7.21. The van der Waals surface area contributed by atoms with Crippen LogP contribution >= 0.6 is 0 Å². The van der Waals surface area contributed by atoms with Gasteiger partial charge in [-0.3, -0.25) is 4.99 Å². The van der Waals surface area contributed by atoms with Crippen LogP contribution in [-0.4, -0.2) is 30.9 Å². The van der Waals surface area contributed by atoms with Crippen LogP contribution in [0.3, 0.4) is 0 Å². The van der Waals surface area contributed by atoms with Crippen molar-refractivity contribution in [3.63, 3.8) is 0 Å². The lowest BCUT2D eigenvalue weighted by Gasteiger charge is -2.11. The van der Waals surface area contributed by atoms with Crippen LogP contribution in [0.1, 0.15) is 33.6 Å². The van der Waals surface area contributed by atoms with E-state index in [0.717, 1.165) is 13.1 Å². The Morgan fingerprint density at radius 3 is 2.64 bits per heavy atom. The number of rotatable bonds is 3. The summed E-state index contributed by atoms with van der Waals surface area (Å²) in [5.41, 5.74) is 0. The van der Waals surface area contributed by atoms with Gasteiger partial charge in [0.1, 0.15) is 0 Å². The van der Waals surface area contributed by atoms with E-state index in [-0.39, 0.29) is 0 Å². The number of aliphatic imine (C=N–C) groups is 1. The molecule has 1 rings (SSSR count). The summed E-state index contributed by atoms with van der Waals surface area (Å²) in [6.45, 7) is 9.55. The molecule has 0 aliphatic carbocycles. The Morgan fingerprint density at radius 2 is 2.18 bits per heavy atom. The van der Waals surface area contributed by atoms with Gasteiger partial charge in [0.25, 0.3) is 0 Å². The van der Waals surface area contributed by atoms with E-state index in [4.69, 9.17) is 0 Å². The molecule has 0 saturated heterocycles. The lowest BCUT2D eigenvalue weighted by molar-refractivity contribution is 0.452. The number of unbranched alkanes of at least 4 members (excludes halogenated alkanes) is 1. The van der Waals surface area contributed by atoms with E-state index in [1.807, 2.05) is 20.2 Å². The van der Waals surface area contributed by atoms with Crippen molar-refractivity contribution in [2.45, 2.75) is 33.6 Å². The molecule has 0 fully saturated rings. The first kappa shape index (κ1) is 10.5. The van der Waals surface area contributed by atoms with Crippen molar-refractivity contribution < 1.29 is 0 Å². The molecule has 0 aromatic carbocycles. The van der Waals surface area contributed by atoms with Gasteiger partial charge in [0.05, 0.1) is 12.9 Å². The van der Waals surface area contributed by atoms with Gasteiger partial charge in [-0.2, -0.15) is 0 Å². The minimum absolute atomic E-state index is 1.00. The highest BCUT2D eigenvalue weighted by Crippen LogP contribution is 1.96. The summed E-state index contributed by atoms with van der Waals surface area (Å²) in [5, 5.41) is 0. The molecule has 11 heavy (non-hydrogen) atoms. The van der Waals surface area contributed by atoms with Crippen LogP contribution in [0.4, 0.5) is 0 Å². The molecule has 2 nitrogen and oxygen atoms in total. The summed E-state index contributed by atoms with van der Waals surface area (Å²) in [5.74, 6) is 0. The first-order valence-electron chi connectivity index (χ1n) is 4.67. The van der Waals surface area contributed by atoms with Gasteiger partial charge in [0, 0.05) is 13.1 Å². The van der Waals surface area contributed by atoms with E-state index in [1.54, 1.807) is 0 Å². The van der Waals surface area contributed by atoms with Crippen LogP contribution in [0.15, 0.2) is 4.99 Å². The van der Waals surface area contributed by atoms with Crippen molar-refractivity contribution in [3.05, 3.63) is 0 Å². The monoisotopic (exact) mass is 156 g/mol. The SMILES string of the molecule is CC.CCCCN1C=NCC1. The lowest BCUT2D eigenvalue weighted by atomic mass is 10.3. The highest BCUT2D eigenvalue weighted by Gasteiger charge is 2.01. The third-order valence-corrected chi connectivity index (χ3v) is 1.56. The molecule has 0 spiro atoms. The van der Waals surface area contributed by atoms with E-state index < -0.39 is 0 Å². The molecule has 1 aliphatic rings. The van der Waals surface area contributed by atoms with Crippen LogP contribution in [0.2, 0.25) is 0 Å². The van der Waals surface area contributed by atoms with Crippen LogP contribution in [-0.2, 0) is 0 Å². The van der Waals surface area contributed by atoms with Gasteiger partial charge in [-0.25, -0.2) is 0 Å². The smallest absolute Gasteiger partial charge is 0.0851 e. The van der Waals surface area contributed by atoms with Gasteiger partial charge in [-0.1, -0.05) is 27.2 Å². The molecule has 0 amide bonds. The summed E-state index contributed by atoms with van der Waals surface area (Å²) in [6, 6.07) is 0. The average molecular weight is 156 g/mol. The largest absolute Gasteiger partial charge is 0.361 e. The second kappa shape index (κ2) is 7.58. The highest BCUT2D eigenvalue weighted by atomic mass is 15.2. The standard InChI is InChI=1S/C7H14N2.C2H6/c1-2-3-5-9-6-4-8-7-9;1-2/h7H,2-6H2,1H3;1-2H3. The Balaban J connectivity index is 0.000000461. The molecule has 0 saturated carbocycles. The minimum Gasteiger partial charge on any atom is -0.361 e. The Hall–Kier alpha value is -0.530. The number of nitrogens with zero attached hydrogens (tertiary/aromatic N) is 2. The van der Waals surface area contributed by atoms with Gasteiger partial charge < -0.3 is 4.90 Å². The third kappa shape index (κ3) is 4.82. The zero-order chi connectivity index (χ0) is 8.53. The van der Waals surface area contributed by atoms with Crippen LogP contribution in [0.25, 0.3) is 0 Å². The van der Waals surface area contributed by atoms with Crippen LogP contribution < -0.4 is 0 Å². The molecular formula is C9H20N2. The van der Waals surface area contributed by atoms with E-state index in [9.17, 15) is 0 Å². The molecule has 0 unspecified atom stereocenters. The van der Waals surface area contributed by atoms with Gasteiger partial charge in [0.2, 0.25) is 0 Å². The van der Waals surface area contributed by atoms with Crippen molar-refractivity contribution >= 4 is 6.34 Å². The van der Waals surface area contributed by atoms with Crippen molar-refractivity contribution in [1.29, 1.82) is 0 Å². The molecule has 2 heteroatoms. The molecular weight excluding hydrogens is 136 g/mol. The minimum atomic E-state index is 1.00. The Morgan fingerprint density at radius 1 is 1.45 bits per heavy atom. The fraction of sp³-hybridized carbons (Fsp3) is 0.889. The first-order chi connectivity index (χ1) is 5.43. The quantitative estimate of drug-likeness (QED) is 0.611. The zero-order valence-electron chi connectivity index (χ0n) is 8.01. The Bertz CT molecular complexity index is 99.7. The fourth-order valence-electron chi connectivity index (χ4n) is 0.948. The summed E-state index contributed by atoms with van der Waals surface area (Å²) in [6.07, 6.45) is 4.55. The van der Waals surface area contributed by atoms with E-state index in [2.05, 4.69) is 16.8 Å². The number of hydrogen-bond acceptors (Lipinski definition) is 2. The summed E-state index contributed by atoms with van der Waals surface area (Å²) < 4.78 is 0. The predicted molar refractivity (Wildman–Crippen MR) is 51.2 cm³/mol. The van der Waals surface area contributed by atoms with E-state index >= 15 is 0 Å². The molecule has 66 valence electrons. The molecule has 0 N–H and O–H groups in total. The topological polar surface area (TPSA) is 15.6 Å². The van der Waals surface area contributed by atoms with Crippen LogP contribution in [0, 0.1) is 0 Å². The van der Waals surface area contributed by atoms with Crippen molar-refractivity contribution in [2.24, 2.45) is 4.99 Å². The van der Waals surface area contributed by atoms with Gasteiger partial charge >= 0.3 is 0 Å². The summed E-state index contributed by atoms with van der Waals surface area (Å²) >= 11 is 0. The molecule has 0 aromatic heterocycles. The molecule has 0 aromatic rings. The maximum absolute atomic E-state index is 4.12. The van der Waals surface area contributed by atoms with Crippen LogP contribution in [0.5, 0.6) is 0 Å². The van der Waals surface area contributed by atoms with Crippen molar-refractivity contribution in [2.75, 3.05) is 19.6 Å². The van der Waals surface area contributed by atoms with E-state index in [1.165, 1.54) is 19.4 Å². The Labute approximate surface area is 70.3 Å². The number of hydrogen-bond donors (Lipinski definition) is 0. The first-order valence-corrected chi connectivity index (χ1v) is 4.67. The van der Waals surface area contributed by atoms with Gasteiger partial charge in [-0.05, 0) is 6.42 Å². The fourth-order valence-corrected chi connectivity index (χ4v) is 0.948.